The van der Waals surface area contributed by atoms with E-state index in [0.717, 1.165) is 19.0 Å². The Labute approximate surface area is 116 Å². The number of benzene rings is 1. The lowest BCUT2D eigenvalue weighted by Gasteiger charge is -2.28. The number of hydrogen-bond donors (Lipinski definition) is 1. The van der Waals surface area contributed by atoms with E-state index < -0.39 is 0 Å². The van der Waals surface area contributed by atoms with E-state index in [9.17, 15) is 0 Å². The van der Waals surface area contributed by atoms with Gasteiger partial charge in [0.15, 0.2) is 0 Å². The molecule has 1 aromatic carbocycles. The third-order valence-corrected chi connectivity index (χ3v) is 4.63. The number of rotatable bonds is 2. The first-order valence-corrected chi connectivity index (χ1v) is 7.44. The SMILES string of the molecule is CC1CN(c2cccc3c2NCCC3)CC1N(C)C. The van der Waals surface area contributed by atoms with Gasteiger partial charge < -0.3 is 15.1 Å². The maximum Gasteiger partial charge on any atom is 0.0610 e. The summed E-state index contributed by atoms with van der Waals surface area (Å²) in [5, 5.41) is 3.61. The van der Waals surface area contributed by atoms with Gasteiger partial charge in [0, 0.05) is 25.7 Å². The van der Waals surface area contributed by atoms with Crippen LogP contribution in [0, 0.1) is 5.92 Å². The molecule has 0 aliphatic carbocycles. The van der Waals surface area contributed by atoms with Crippen molar-refractivity contribution in [3.63, 3.8) is 0 Å². The molecule has 1 N–H and O–H groups in total. The van der Waals surface area contributed by atoms with Crippen LogP contribution in [0.15, 0.2) is 18.2 Å². The predicted octanol–water partition coefficient (Wildman–Crippen LogP) is 2.43. The zero-order valence-corrected chi connectivity index (χ0v) is 12.3. The molecule has 2 heterocycles. The van der Waals surface area contributed by atoms with Crippen molar-refractivity contribution >= 4 is 11.4 Å². The molecule has 0 amide bonds. The number of hydrogen-bond acceptors (Lipinski definition) is 3. The zero-order chi connectivity index (χ0) is 13.4. The van der Waals surface area contributed by atoms with Crippen LogP contribution in [0.4, 0.5) is 11.4 Å². The highest BCUT2D eigenvalue weighted by Crippen LogP contribution is 2.36. The summed E-state index contributed by atoms with van der Waals surface area (Å²) in [6, 6.07) is 7.43. The van der Waals surface area contributed by atoms with Gasteiger partial charge in [0.25, 0.3) is 0 Å². The lowest BCUT2D eigenvalue weighted by molar-refractivity contribution is 0.266. The lowest BCUT2D eigenvalue weighted by Crippen LogP contribution is -2.34. The lowest BCUT2D eigenvalue weighted by atomic mass is 10.0. The quantitative estimate of drug-likeness (QED) is 0.880. The van der Waals surface area contributed by atoms with Crippen LogP contribution in [0.25, 0.3) is 0 Å². The van der Waals surface area contributed by atoms with Crippen molar-refractivity contribution in [1.29, 1.82) is 0 Å². The fraction of sp³-hybridized carbons (Fsp3) is 0.625. The number of likely N-dealkylation sites (N-methyl/N-ethyl adjacent to an activating group) is 1. The minimum Gasteiger partial charge on any atom is -0.383 e. The Morgan fingerprint density at radius 2 is 2.11 bits per heavy atom. The second kappa shape index (κ2) is 5.04. The van der Waals surface area contributed by atoms with Gasteiger partial charge in [-0.15, -0.1) is 0 Å². The highest BCUT2D eigenvalue weighted by atomic mass is 15.2. The van der Waals surface area contributed by atoms with E-state index in [2.05, 4.69) is 54.3 Å². The first-order chi connectivity index (χ1) is 9.16. The summed E-state index contributed by atoms with van der Waals surface area (Å²) in [4.78, 5) is 4.93. The molecular weight excluding hydrogens is 234 g/mol. The van der Waals surface area contributed by atoms with Gasteiger partial charge in [-0.3, -0.25) is 0 Å². The minimum absolute atomic E-state index is 0.666. The van der Waals surface area contributed by atoms with E-state index in [1.165, 1.54) is 36.3 Å². The Bertz CT molecular complexity index is 455. The van der Waals surface area contributed by atoms with Gasteiger partial charge in [-0.2, -0.15) is 0 Å². The number of fused-ring (bicyclic) bond motifs is 1. The molecule has 0 bridgehead atoms. The molecule has 1 aromatic rings. The fourth-order valence-corrected chi connectivity index (χ4v) is 3.57. The normalized spacial score (nSPS) is 26.4. The predicted molar refractivity (Wildman–Crippen MR) is 82.1 cm³/mol. The Morgan fingerprint density at radius 1 is 1.26 bits per heavy atom. The number of nitrogens with one attached hydrogen (secondary N) is 1. The van der Waals surface area contributed by atoms with E-state index in [1.807, 2.05) is 0 Å². The average molecular weight is 259 g/mol. The Hall–Kier alpha value is -1.22. The molecule has 3 nitrogen and oxygen atoms in total. The zero-order valence-electron chi connectivity index (χ0n) is 12.3. The molecule has 0 aromatic heterocycles. The molecule has 19 heavy (non-hydrogen) atoms. The van der Waals surface area contributed by atoms with Crippen LogP contribution >= 0.6 is 0 Å². The summed E-state index contributed by atoms with van der Waals surface area (Å²) in [7, 11) is 4.40. The molecular formula is C16H25N3. The van der Waals surface area contributed by atoms with Crippen LogP contribution in [0.3, 0.4) is 0 Å². The summed E-state index contributed by atoms with van der Waals surface area (Å²) < 4.78 is 0. The van der Waals surface area contributed by atoms with Crippen LogP contribution in [0.1, 0.15) is 18.9 Å². The highest BCUT2D eigenvalue weighted by Gasteiger charge is 2.32. The highest BCUT2D eigenvalue weighted by molar-refractivity contribution is 5.75. The van der Waals surface area contributed by atoms with Crippen molar-refractivity contribution in [2.45, 2.75) is 25.8 Å². The van der Waals surface area contributed by atoms with Crippen molar-refractivity contribution in [3.05, 3.63) is 23.8 Å². The number of anilines is 2. The first kappa shape index (κ1) is 12.8. The van der Waals surface area contributed by atoms with Crippen LogP contribution in [-0.2, 0) is 6.42 Å². The monoisotopic (exact) mass is 259 g/mol. The molecule has 3 rings (SSSR count). The molecule has 3 heteroatoms. The topological polar surface area (TPSA) is 18.5 Å². The van der Waals surface area contributed by atoms with E-state index in [4.69, 9.17) is 0 Å². The molecule has 2 unspecified atom stereocenters. The summed E-state index contributed by atoms with van der Waals surface area (Å²) >= 11 is 0. The molecule has 104 valence electrons. The van der Waals surface area contributed by atoms with E-state index in [1.54, 1.807) is 0 Å². The van der Waals surface area contributed by atoms with Crippen LogP contribution in [-0.4, -0.2) is 44.7 Å². The molecule has 0 radical (unpaired) electrons. The maximum absolute atomic E-state index is 3.61. The van der Waals surface area contributed by atoms with Gasteiger partial charge >= 0.3 is 0 Å². The van der Waals surface area contributed by atoms with Crippen molar-refractivity contribution in [2.24, 2.45) is 5.92 Å². The van der Waals surface area contributed by atoms with E-state index in [0.29, 0.717) is 6.04 Å². The largest absolute Gasteiger partial charge is 0.383 e. The number of para-hydroxylation sites is 1. The first-order valence-electron chi connectivity index (χ1n) is 7.44. The van der Waals surface area contributed by atoms with Crippen molar-refractivity contribution in [1.82, 2.24) is 4.90 Å². The second-order valence-electron chi connectivity index (χ2n) is 6.25. The van der Waals surface area contributed by atoms with Crippen molar-refractivity contribution in [3.8, 4) is 0 Å². The Balaban J connectivity index is 1.87. The molecule has 2 atom stereocenters. The average Bonchev–Trinajstić information content (AvgIpc) is 2.80. The van der Waals surface area contributed by atoms with Crippen LogP contribution < -0.4 is 10.2 Å². The fourth-order valence-electron chi connectivity index (χ4n) is 3.57. The molecule has 1 fully saturated rings. The van der Waals surface area contributed by atoms with Crippen molar-refractivity contribution < 1.29 is 0 Å². The third-order valence-electron chi connectivity index (χ3n) is 4.63. The Morgan fingerprint density at radius 3 is 2.84 bits per heavy atom. The van der Waals surface area contributed by atoms with Gasteiger partial charge in [-0.05, 0) is 44.5 Å². The van der Waals surface area contributed by atoms with Crippen LogP contribution in [0.5, 0.6) is 0 Å². The van der Waals surface area contributed by atoms with E-state index >= 15 is 0 Å². The van der Waals surface area contributed by atoms with Gasteiger partial charge in [0.1, 0.15) is 0 Å². The standard InChI is InChI=1S/C16H25N3/c1-12-10-19(11-15(12)18(2)3)14-8-4-6-13-7-5-9-17-16(13)14/h4,6,8,12,15,17H,5,7,9-11H2,1-3H3. The van der Waals surface area contributed by atoms with Gasteiger partial charge in [-0.25, -0.2) is 0 Å². The summed E-state index contributed by atoms with van der Waals surface area (Å²) in [5.41, 5.74) is 4.29. The van der Waals surface area contributed by atoms with E-state index in [-0.39, 0.29) is 0 Å². The molecule has 2 aliphatic heterocycles. The number of aryl methyl sites for hydroxylation is 1. The summed E-state index contributed by atoms with van der Waals surface area (Å²) in [6.45, 7) is 5.80. The molecule has 2 aliphatic rings. The van der Waals surface area contributed by atoms with Gasteiger partial charge in [0.2, 0.25) is 0 Å². The Kier molecular flexibility index (Phi) is 3.40. The summed E-state index contributed by atoms with van der Waals surface area (Å²) in [6.07, 6.45) is 2.48. The molecule has 0 spiro atoms. The third kappa shape index (κ3) is 2.32. The number of nitrogens with zero attached hydrogens (tertiary/aromatic N) is 2. The molecule has 1 saturated heterocycles. The molecule has 0 saturated carbocycles. The van der Waals surface area contributed by atoms with Gasteiger partial charge in [-0.1, -0.05) is 19.1 Å². The summed E-state index contributed by atoms with van der Waals surface area (Å²) in [5.74, 6) is 0.731. The van der Waals surface area contributed by atoms with Gasteiger partial charge in [0.05, 0.1) is 11.4 Å². The smallest absolute Gasteiger partial charge is 0.0610 e. The second-order valence-corrected chi connectivity index (χ2v) is 6.25. The van der Waals surface area contributed by atoms with Crippen LogP contribution in [0.2, 0.25) is 0 Å². The van der Waals surface area contributed by atoms with Crippen molar-refractivity contribution in [2.75, 3.05) is 43.9 Å². The maximum atomic E-state index is 3.61. The minimum atomic E-state index is 0.666.